The molecule has 96 valence electrons. The molecule has 0 saturated heterocycles. The van der Waals surface area contributed by atoms with Crippen LogP contribution in [0.3, 0.4) is 0 Å². The first-order valence-electron chi connectivity index (χ1n) is 5.32. The molecular formula is C11H18N2O3S. The Balaban J connectivity index is 2.55. The molecule has 1 aromatic rings. The fraction of sp³-hybridized carbons (Fsp3) is 0.545. The summed E-state index contributed by atoms with van der Waals surface area (Å²) >= 11 is 0. The molecule has 1 heterocycles. The van der Waals surface area contributed by atoms with Crippen molar-refractivity contribution in [3.8, 4) is 0 Å². The Morgan fingerprint density at radius 1 is 1.65 bits per heavy atom. The van der Waals surface area contributed by atoms with Gasteiger partial charge in [0.1, 0.15) is 0 Å². The molecule has 1 rings (SSSR count). The van der Waals surface area contributed by atoms with Crippen LogP contribution in [-0.4, -0.2) is 40.3 Å². The van der Waals surface area contributed by atoms with Crippen LogP contribution in [0, 0.1) is 0 Å². The molecule has 0 fully saturated rings. The van der Waals surface area contributed by atoms with Gasteiger partial charge in [-0.3, -0.25) is 4.21 Å². The summed E-state index contributed by atoms with van der Waals surface area (Å²) in [4.78, 5) is 14.4. The molecule has 17 heavy (non-hydrogen) atoms. The molecule has 0 aliphatic heterocycles. The Labute approximate surface area is 103 Å². The number of nitrogens with one attached hydrogen (secondary N) is 2. The summed E-state index contributed by atoms with van der Waals surface area (Å²) < 4.78 is 15.7. The molecule has 1 aromatic heterocycles. The van der Waals surface area contributed by atoms with E-state index < -0.39 is 10.8 Å². The van der Waals surface area contributed by atoms with Crippen molar-refractivity contribution >= 4 is 16.8 Å². The number of H-pyrrole nitrogens is 1. The Morgan fingerprint density at radius 3 is 2.94 bits per heavy atom. The Kier molecular flexibility index (Phi) is 5.37. The number of carbonyl (C=O) groups is 1. The second kappa shape index (κ2) is 6.56. The van der Waals surface area contributed by atoms with Gasteiger partial charge in [-0.05, 0) is 13.0 Å². The second-order valence-corrected chi connectivity index (χ2v) is 5.36. The number of rotatable bonds is 6. The van der Waals surface area contributed by atoms with E-state index in [0.717, 1.165) is 5.69 Å². The van der Waals surface area contributed by atoms with Gasteiger partial charge >= 0.3 is 5.97 Å². The summed E-state index contributed by atoms with van der Waals surface area (Å²) in [6, 6.07) is 1.82. The van der Waals surface area contributed by atoms with E-state index in [1.165, 1.54) is 7.11 Å². The number of methoxy groups -OCH3 is 1. The highest BCUT2D eigenvalue weighted by Crippen LogP contribution is 2.08. The quantitative estimate of drug-likeness (QED) is 0.735. The lowest BCUT2D eigenvalue weighted by Gasteiger charge is -2.12. The van der Waals surface area contributed by atoms with Crippen molar-refractivity contribution in [1.29, 1.82) is 0 Å². The number of hydrogen-bond acceptors (Lipinski definition) is 4. The minimum Gasteiger partial charge on any atom is -0.465 e. The Hall–Kier alpha value is -1.14. The van der Waals surface area contributed by atoms with Gasteiger partial charge in [0.05, 0.1) is 12.7 Å². The van der Waals surface area contributed by atoms with Gasteiger partial charge in [-0.15, -0.1) is 0 Å². The van der Waals surface area contributed by atoms with Crippen molar-refractivity contribution in [2.24, 2.45) is 0 Å². The van der Waals surface area contributed by atoms with Crippen LogP contribution >= 0.6 is 0 Å². The van der Waals surface area contributed by atoms with Gasteiger partial charge in [0.15, 0.2) is 0 Å². The third-order valence-corrected chi connectivity index (χ3v) is 3.32. The number of ether oxygens (including phenoxy) is 1. The zero-order valence-corrected chi connectivity index (χ0v) is 11.1. The zero-order valence-electron chi connectivity index (χ0n) is 10.3. The number of aromatic nitrogens is 1. The van der Waals surface area contributed by atoms with Crippen LogP contribution in [0.15, 0.2) is 12.3 Å². The maximum Gasteiger partial charge on any atom is 0.339 e. The van der Waals surface area contributed by atoms with Gasteiger partial charge in [0.2, 0.25) is 0 Å². The van der Waals surface area contributed by atoms with Gasteiger partial charge < -0.3 is 15.0 Å². The Morgan fingerprint density at radius 2 is 2.35 bits per heavy atom. The normalized spacial score (nSPS) is 14.3. The van der Waals surface area contributed by atoms with E-state index in [2.05, 4.69) is 15.0 Å². The van der Waals surface area contributed by atoms with E-state index in [1.54, 1.807) is 18.5 Å². The molecule has 0 saturated carbocycles. The van der Waals surface area contributed by atoms with Crippen LogP contribution in [0.2, 0.25) is 0 Å². The maximum atomic E-state index is 11.4. The lowest BCUT2D eigenvalue weighted by atomic mass is 10.2. The van der Waals surface area contributed by atoms with E-state index >= 15 is 0 Å². The van der Waals surface area contributed by atoms with E-state index in [-0.39, 0.29) is 12.0 Å². The largest absolute Gasteiger partial charge is 0.465 e. The van der Waals surface area contributed by atoms with Crippen molar-refractivity contribution in [3.63, 3.8) is 0 Å². The summed E-state index contributed by atoms with van der Waals surface area (Å²) in [5, 5.41) is 3.20. The summed E-state index contributed by atoms with van der Waals surface area (Å²) in [5.74, 6) is 0.239. The average molecular weight is 258 g/mol. The van der Waals surface area contributed by atoms with Crippen molar-refractivity contribution in [2.45, 2.75) is 19.5 Å². The first-order chi connectivity index (χ1) is 8.04. The number of hydrogen-bond donors (Lipinski definition) is 2. The highest BCUT2D eigenvalue weighted by atomic mass is 32.2. The number of aromatic amines is 1. The molecule has 0 aromatic carbocycles. The fourth-order valence-corrected chi connectivity index (χ4v) is 2.36. The molecule has 0 aliphatic rings. The number of carbonyl (C=O) groups excluding carboxylic acids is 1. The van der Waals surface area contributed by atoms with Gasteiger partial charge in [-0.2, -0.15) is 0 Å². The molecule has 5 nitrogen and oxygen atoms in total. The SMILES string of the molecule is COC(=O)c1cc[nH]c1CNC(C)CS(C)=O. The van der Waals surface area contributed by atoms with Crippen LogP contribution in [0.1, 0.15) is 23.0 Å². The fourth-order valence-electron chi connectivity index (χ4n) is 1.54. The third-order valence-electron chi connectivity index (χ3n) is 2.35. The molecule has 0 aliphatic carbocycles. The smallest absolute Gasteiger partial charge is 0.339 e. The predicted octanol–water partition coefficient (Wildman–Crippen LogP) is 0.658. The van der Waals surface area contributed by atoms with Crippen LogP contribution in [0.5, 0.6) is 0 Å². The molecule has 2 unspecified atom stereocenters. The van der Waals surface area contributed by atoms with E-state index in [4.69, 9.17) is 0 Å². The third kappa shape index (κ3) is 4.32. The lowest BCUT2D eigenvalue weighted by molar-refractivity contribution is 0.0599. The molecular weight excluding hydrogens is 240 g/mol. The van der Waals surface area contributed by atoms with Gasteiger partial charge in [-0.25, -0.2) is 4.79 Å². The molecule has 0 bridgehead atoms. The molecule has 0 spiro atoms. The molecule has 0 radical (unpaired) electrons. The lowest BCUT2D eigenvalue weighted by Crippen LogP contribution is -2.31. The van der Waals surface area contributed by atoms with Crippen LogP contribution < -0.4 is 5.32 Å². The summed E-state index contributed by atoms with van der Waals surface area (Å²) in [7, 11) is 0.533. The summed E-state index contributed by atoms with van der Waals surface area (Å²) in [6.45, 7) is 2.48. The monoisotopic (exact) mass is 258 g/mol. The number of esters is 1. The zero-order chi connectivity index (χ0) is 12.8. The summed E-state index contributed by atoms with van der Waals surface area (Å²) in [6.07, 6.45) is 3.37. The maximum absolute atomic E-state index is 11.4. The summed E-state index contributed by atoms with van der Waals surface area (Å²) in [5.41, 5.74) is 1.32. The van der Waals surface area contributed by atoms with Crippen molar-refractivity contribution in [1.82, 2.24) is 10.3 Å². The first kappa shape index (κ1) is 13.9. The molecule has 6 heteroatoms. The van der Waals surface area contributed by atoms with Gasteiger partial charge in [0, 0.05) is 47.3 Å². The molecule has 2 N–H and O–H groups in total. The second-order valence-electron chi connectivity index (χ2n) is 3.88. The average Bonchev–Trinajstić information content (AvgIpc) is 2.72. The minimum absolute atomic E-state index is 0.134. The van der Waals surface area contributed by atoms with E-state index in [1.807, 2.05) is 6.92 Å². The highest BCUT2D eigenvalue weighted by Gasteiger charge is 2.13. The molecule has 0 amide bonds. The van der Waals surface area contributed by atoms with E-state index in [9.17, 15) is 9.00 Å². The predicted molar refractivity (Wildman–Crippen MR) is 67.4 cm³/mol. The highest BCUT2D eigenvalue weighted by molar-refractivity contribution is 7.84. The van der Waals surface area contributed by atoms with Gasteiger partial charge in [0.25, 0.3) is 0 Å². The Bertz CT molecular complexity index is 403. The standard InChI is InChI=1S/C11H18N2O3S/c1-8(7-17(3)15)13-6-10-9(4-5-12-10)11(14)16-2/h4-5,8,12-13H,6-7H2,1-3H3. The van der Waals surface area contributed by atoms with Crippen molar-refractivity contribution < 1.29 is 13.7 Å². The van der Waals surface area contributed by atoms with Crippen molar-refractivity contribution in [2.75, 3.05) is 19.1 Å². The van der Waals surface area contributed by atoms with Gasteiger partial charge in [-0.1, -0.05) is 0 Å². The van der Waals surface area contributed by atoms with E-state index in [0.29, 0.717) is 17.9 Å². The molecule has 2 atom stereocenters. The minimum atomic E-state index is -0.824. The van der Waals surface area contributed by atoms with Crippen LogP contribution in [-0.2, 0) is 22.1 Å². The van der Waals surface area contributed by atoms with Crippen LogP contribution in [0.4, 0.5) is 0 Å². The van der Waals surface area contributed by atoms with Crippen molar-refractivity contribution in [3.05, 3.63) is 23.5 Å². The van der Waals surface area contributed by atoms with Crippen LogP contribution in [0.25, 0.3) is 0 Å². The topological polar surface area (TPSA) is 71.2 Å². The first-order valence-corrected chi connectivity index (χ1v) is 7.05.